The molecule has 0 fully saturated rings. The first-order valence-electron chi connectivity index (χ1n) is 4.10. The zero-order chi connectivity index (χ0) is 9.26. The lowest BCUT2D eigenvalue weighted by Crippen LogP contribution is -1.90. The summed E-state index contributed by atoms with van der Waals surface area (Å²) >= 11 is 1.63. The number of hydrogen-bond acceptors (Lipinski definition) is 4. The van der Waals surface area contributed by atoms with Gasteiger partial charge in [0.05, 0.1) is 4.88 Å². The van der Waals surface area contributed by atoms with Crippen LogP contribution in [-0.2, 0) is 6.42 Å². The van der Waals surface area contributed by atoms with Crippen molar-refractivity contribution in [3.8, 4) is 10.6 Å². The maximum Gasteiger partial charge on any atom is 0.182 e. The number of thiophene rings is 1. The SMILES string of the molecule is CCc1c(N)noc1-c1cccs1. The number of nitrogens with two attached hydrogens (primary N) is 1. The third kappa shape index (κ3) is 1.33. The lowest BCUT2D eigenvalue weighted by molar-refractivity contribution is 0.436. The summed E-state index contributed by atoms with van der Waals surface area (Å²) in [7, 11) is 0. The molecule has 0 aliphatic heterocycles. The van der Waals surface area contributed by atoms with Crippen molar-refractivity contribution in [3.63, 3.8) is 0 Å². The molecule has 3 nitrogen and oxygen atoms in total. The second-order valence-corrected chi connectivity index (χ2v) is 3.65. The zero-order valence-electron chi connectivity index (χ0n) is 7.28. The minimum Gasteiger partial charge on any atom is -0.381 e. The molecular formula is C9H10N2OS. The van der Waals surface area contributed by atoms with Crippen LogP contribution in [0, 0.1) is 0 Å². The Balaban J connectivity index is 2.52. The van der Waals surface area contributed by atoms with E-state index in [0.29, 0.717) is 5.82 Å². The van der Waals surface area contributed by atoms with Gasteiger partial charge in [-0.3, -0.25) is 0 Å². The third-order valence-electron chi connectivity index (χ3n) is 1.92. The van der Waals surface area contributed by atoms with E-state index in [0.717, 1.165) is 22.6 Å². The van der Waals surface area contributed by atoms with Crippen molar-refractivity contribution in [2.24, 2.45) is 0 Å². The molecule has 2 aromatic heterocycles. The number of anilines is 1. The highest BCUT2D eigenvalue weighted by Crippen LogP contribution is 2.31. The fourth-order valence-corrected chi connectivity index (χ4v) is 1.99. The lowest BCUT2D eigenvalue weighted by atomic mass is 10.2. The summed E-state index contributed by atoms with van der Waals surface area (Å²) < 4.78 is 5.17. The minimum atomic E-state index is 0.505. The van der Waals surface area contributed by atoms with Crippen LogP contribution in [0.5, 0.6) is 0 Å². The van der Waals surface area contributed by atoms with Crippen LogP contribution < -0.4 is 5.73 Å². The molecule has 0 saturated carbocycles. The Morgan fingerprint density at radius 2 is 2.46 bits per heavy atom. The van der Waals surface area contributed by atoms with Gasteiger partial charge in [0.25, 0.3) is 0 Å². The average molecular weight is 194 g/mol. The van der Waals surface area contributed by atoms with Crippen molar-refractivity contribution in [3.05, 3.63) is 23.1 Å². The molecule has 0 aliphatic carbocycles. The van der Waals surface area contributed by atoms with Gasteiger partial charge in [-0.2, -0.15) is 0 Å². The first-order valence-corrected chi connectivity index (χ1v) is 4.98. The third-order valence-corrected chi connectivity index (χ3v) is 2.79. The topological polar surface area (TPSA) is 52.0 Å². The molecule has 4 heteroatoms. The summed E-state index contributed by atoms with van der Waals surface area (Å²) in [6, 6.07) is 3.99. The quantitative estimate of drug-likeness (QED) is 0.799. The number of hydrogen-bond donors (Lipinski definition) is 1. The summed E-state index contributed by atoms with van der Waals surface area (Å²) in [5.41, 5.74) is 6.66. The smallest absolute Gasteiger partial charge is 0.182 e. The molecule has 0 atom stereocenters. The monoisotopic (exact) mass is 194 g/mol. The van der Waals surface area contributed by atoms with Crippen LogP contribution in [0.4, 0.5) is 5.82 Å². The Kier molecular flexibility index (Phi) is 2.06. The Labute approximate surface area is 80.2 Å². The molecule has 68 valence electrons. The predicted molar refractivity (Wildman–Crippen MR) is 53.6 cm³/mol. The molecule has 0 aromatic carbocycles. The average Bonchev–Trinajstić information content (AvgIpc) is 2.71. The van der Waals surface area contributed by atoms with E-state index in [4.69, 9.17) is 10.3 Å². The molecule has 0 amide bonds. The minimum absolute atomic E-state index is 0.505. The van der Waals surface area contributed by atoms with Crippen molar-refractivity contribution in [2.75, 3.05) is 5.73 Å². The van der Waals surface area contributed by atoms with Gasteiger partial charge in [0, 0.05) is 5.56 Å². The highest BCUT2D eigenvalue weighted by atomic mass is 32.1. The highest BCUT2D eigenvalue weighted by molar-refractivity contribution is 7.13. The van der Waals surface area contributed by atoms with E-state index in [9.17, 15) is 0 Å². The first-order chi connectivity index (χ1) is 6.33. The van der Waals surface area contributed by atoms with Crippen LogP contribution in [-0.4, -0.2) is 5.16 Å². The van der Waals surface area contributed by atoms with Crippen LogP contribution in [0.25, 0.3) is 10.6 Å². The maximum absolute atomic E-state index is 5.66. The molecule has 2 rings (SSSR count). The second kappa shape index (κ2) is 3.22. The molecule has 0 spiro atoms. The largest absolute Gasteiger partial charge is 0.381 e. The van der Waals surface area contributed by atoms with Gasteiger partial charge in [-0.05, 0) is 17.9 Å². The Morgan fingerprint density at radius 3 is 3.08 bits per heavy atom. The molecule has 0 unspecified atom stereocenters. The maximum atomic E-state index is 5.66. The van der Waals surface area contributed by atoms with E-state index in [2.05, 4.69) is 5.16 Å². The van der Waals surface area contributed by atoms with Crippen molar-refractivity contribution >= 4 is 17.2 Å². The lowest BCUT2D eigenvalue weighted by Gasteiger charge is -1.93. The Morgan fingerprint density at radius 1 is 1.62 bits per heavy atom. The number of nitrogen functional groups attached to an aromatic ring is 1. The molecule has 2 heterocycles. The van der Waals surface area contributed by atoms with Crippen LogP contribution in [0.3, 0.4) is 0 Å². The van der Waals surface area contributed by atoms with Gasteiger partial charge in [-0.1, -0.05) is 18.1 Å². The molecule has 13 heavy (non-hydrogen) atoms. The molecule has 0 aliphatic rings. The van der Waals surface area contributed by atoms with Gasteiger partial charge in [0.15, 0.2) is 11.6 Å². The first kappa shape index (κ1) is 8.31. The summed E-state index contributed by atoms with van der Waals surface area (Å²) in [6.45, 7) is 2.04. The van der Waals surface area contributed by atoms with E-state index in [-0.39, 0.29) is 0 Å². The van der Waals surface area contributed by atoms with Crippen molar-refractivity contribution in [1.82, 2.24) is 5.16 Å². The van der Waals surface area contributed by atoms with E-state index in [1.807, 2.05) is 24.4 Å². The predicted octanol–water partition coefficient (Wildman–Crippen LogP) is 2.55. The molecular weight excluding hydrogens is 184 g/mol. The second-order valence-electron chi connectivity index (χ2n) is 2.71. The fraction of sp³-hybridized carbons (Fsp3) is 0.222. The molecule has 0 saturated heterocycles. The van der Waals surface area contributed by atoms with Gasteiger partial charge in [0.1, 0.15) is 0 Å². The molecule has 0 bridgehead atoms. The van der Waals surface area contributed by atoms with E-state index < -0.39 is 0 Å². The van der Waals surface area contributed by atoms with Gasteiger partial charge >= 0.3 is 0 Å². The van der Waals surface area contributed by atoms with Crippen LogP contribution in [0.15, 0.2) is 22.0 Å². The molecule has 2 aromatic rings. The Bertz CT molecular complexity index is 392. The Hall–Kier alpha value is -1.29. The fourth-order valence-electron chi connectivity index (χ4n) is 1.26. The van der Waals surface area contributed by atoms with Gasteiger partial charge in [-0.15, -0.1) is 11.3 Å². The van der Waals surface area contributed by atoms with Gasteiger partial charge in [0.2, 0.25) is 0 Å². The van der Waals surface area contributed by atoms with Crippen LogP contribution >= 0.6 is 11.3 Å². The van der Waals surface area contributed by atoms with Gasteiger partial charge in [-0.25, -0.2) is 0 Å². The normalized spacial score (nSPS) is 10.5. The number of aromatic nitrogens is 1. The van der Waals surface area contributed by atoms with Crippen molar-refractivity contribution in [1.29, 1.82) is 0 Å². The van der Waals surface area contributed by atoms with E-state index in [1.165, 1.54) is 0 Å². The standard InChI is InChI=1S/C9H10N2OS/c1-2-6-8(12-11-9(6)10)7-4-3-5-13-7/h3-5H,2H2,1H3,(H2,10,11). The van der Waals surface area contributed by atoms with Crippen LogP contribution in [0.1, 0.15) is 12.5 Å². The molecule has 0 radical (unpaired) electrons. The summed E-state index contributed by atoms with van der Waals surface area (Å²) in [6.07, 6.45) is 0.850. The van der Waals surface area contributed by atoms with E-state index >= 15 is 0 Å². The number of rotatable bonds is 2. The summed E-state index contributed by atoms with van der Waals surface area (Å²) in [4.78, 5) is 1.08. The van der Waals surface area contributed by atoms with Crippen LogP contribution in [0.2, 0.25) is 0 Å². The van der Waals surface area contributed by atoms with Crippen molar-refractivity contribution < 1.29 is 4.52 Å². The zero-order valence-corrected chi connectivity index (χ0v) is 8.10. The number of nitrogens with zero attached hydrogens (tertiary/aromatic N) is 1. The van der Waals surface area contributed by atoms with Crippen molar-refractivity contribution in [2.45, 2.75) is 13.3 Å². The van der Waals surface area contributed by atoms with Gasteiger partial charge < -0.3 is 10.3 Å². The highest BCUT2D eigenvalue weighted by Gasteiger charge is 2.13. The van der Waals surface area contributed by atoms with E-state index in [1.54, 1.807) is 11.3 Å². The summed E-state index contributed by atoms with van der Waals surface area (Å²) in [5.74, 6) is 1.32. The summed E-state index contributed by atoms with van der Waals surface area (Å²) in [5, 5.41) is 5.76. The molecule has 2 N–H and O–H groups in total.